The van der Waals surface area contributed by atoms with Crippen molar-refractivity contribution in [2.75, 3.05) is 6.54 Å². The van der Waals surface area contributed by atoms with Crippen LogP contribution in [-0.2, 0) is 9.59 Å². The molecule has 2 aliphatic rings. The van der Waals surface area contributed by atoms with Gasteiger partial charge in [0.05, 0.1) is 6.04 Å². The second kappa shape index (κ2) is 7.42. The SMILES string of the molecule is CC(=O)N1CC2CC2C1C(=O)NC(c1ccccc1)c1ccc(C(C)C)cc1. The molecule has 4 atom stereocenters. The number of carbonyl (C=O) groups excluding carboxylic acids is 2. The van der Waals surface area contributed by atoms with Gasteiger partial charge in [-0.15, -0.1) is 0 Å². The number of nitrogens with zero attached hydrogens (tertiary/aromatic N) is 1. The van der Waals surface area contributed by atoms with Gasteiger partial charge in [-0.05, 0) is 40.9 Å². The molecule has 2 fully saturated rings. The highest BCUT2D eigenvalue weighted by atomic mass is 16.2. The molecule has 28 heavy (non-hydrogen) atoms. The average molecular weight is 377 g/mol. The van der Waals surface area contributed by atoms with Crippen LogP contribution in [0.1, 0.15) is 55.8 Å². The van der Waals surface area contributed by atoms with Crippen LogP contribution in [0.5, 0.6) is 0 Å². The molecule has 146 valence electrons. The second-order valence-electron chi connectivity index (χ2n) is 8.45. The minimum Gasteiger partial charge on any atom is -0.343 e. The fourth-order valence-corrected chi connectivity index (χ4v) is 4.43. The van der Waals surface area contributed by atoms with Gasteiger partial charge in [-0.1, -0.05) is 68.4 Å². The molecule has 0 radical (unpaired) electrons. The lowest BCUT2D eigenvalue weighted by atomic mass is 9.95. The summed E-state index contributed by atoms with van der Waals surface area (Å²) in [5.41, 5.74) is 3.39. The number of likely N-dealkylation sites (tertiary alicyclic amines) is 1. The molecule has 2 aromatic rings. The predicted molar refractivity (Wildman–Crippen MR) is 110 cm³/mol. The zero-order valence-electron chi connectivity index (χ0n) is 16.8. The molecule has 1 heterocycles. The number of carbonyl (C=O) groups is 2. The van der Waals surface area contributed by atoms with E-state index < -0.39 is 0 Å². The number of nitrogens with one attached hydrogen (secondary N) is 1. The zero-order valence-corrected chi connectivity index (χ0v) is 16.8. The maximum Gasteiger partial charge on any atom is 0.243 e. The number of piperidine rings is 1. The van der Waals surface area contributed by atoms with Crippen LogP contribution >= 0.6 is 0 Å². The van der Waals surface area contributed by atoms with Crippen LogP contribution in [0.2, 0.25) is 0 Å². The van der Waals surface area contributed by atoms with Crippen LogP contribution < -0.4 is 5.32 Å². The van der Waals surface area contributed by atoms with E-state index in [0.29, 0.717) is 17.8 Å². The Morgan fingerprint density at radius 1 is 0.964 bits per heavy atom. The first-order chi connectivity index (χ1) is 13.5. The Kier molecular flexibility index (Phi) is 4.96. The largest absolute Gasteiger partial charge is 0.343 e. The third-order valence-electron chi connectivity index (χ3n) is 6.18. The van der Waals surface area contributed by atoms with Crippen molar-refractivity contribution in [2.45, 2.75) is 45.2 Å². The van der Waals surface area contributed by atoms with Gasteiger partial charge in [-0.2, -0.15) is 0 Å². The van der Waals surface area contributed by atoms with E-state index in [4.69, 9.17) is 0 Å². The lowest BCUT2D eigenvalue weighted by Crippen LogP contribution is -2.48. The summed E-state index contributed by atoms with van der Waals surface area (Å²) in [5.74, 6) is 1.24. The van der Waals surface area contributed by atoms with Gasteiger partial charge in [0.1, 0.15) is 6.04 Å². The third-order valence-corrected chi connectivity index (χ3v) is 6.18. The molecule has 4 rings (SSSR count). The van der Waals surface area contributed by atoms with Gasteiger partial charge in [0.2, 0.25) is 11.8 Å². The molecule has 0 spiro atoms. The van der Waals surface area contributed by atoms with Crippen molar-refractivity contribution in [3.8, 4) is 0 Å². The molecule has 1 saturated carbocycles. The zero-order chi connectivity index (χ0) is 19.8. The van der Waals surface area contributed by atoms with E-state index in [1.54, 1.807) is 11.8 Å². The van der Waals surface area contributed by atoms with Crippen molar-refractivity contribution >= 4 is 11.8 Å². The van der Waals surface area contributed by atoms with Gasteiger partial charge in [0, 0.05) is 13.5 Å². The summed E-state index contributed by atoms with van der Waals surface area (Å²) in [4.78, 5) is 27.0. The molecular formula is C24H28N2O2. The third kappa shape index (κ3) is 3.56. The van der Waals surface area contributed by atoms with E-state index in [-0.39, 0.29) is 23.9 Å². The summed E-state index contributed by atoms with van der Waals surface area (Å²) in [6.45, 7) is 6.63. The second-order valence-corrected chi connectivity index (χ2v) is 8.45. The summed E-state index contributed by atoms with van der Waals surface area (Å²) in [7, 11) is 0. The topological polar surface area (TPSA) is 49.4 Å². The van der Waals surface area contributed by atoms with E-state index in [0.717, 1.165) is 24.1 Å². The van der Waals surface area contributed by atoms with Gasteiger partial charge < -0.3 is 10.2 Å². The smallest absolute Gasteiger partial charge is 0.243 e. The van der Waals surface area contributed by atoms with E-state index in [2.05, 4.69) is 43.4 Å². The van der Waals surface area contributed by atoms with Crippen LogP contribution in [-0.4, -0.2) is 29.3 Å². The van der Waals surface area contributed by atoms with E-state index in [1.807, 2.05) is 30.3 Å². The molecule has 0 bridgehead atoms. The minimum absolute atomic E-state index is 0.00935. The number of hydrogen-bond donors (Lipinski definition) is 1. The highest BCUT2D eigenvalue weighted by Crippen LogP contribution is 2.49. The Bertz CT molecular complexity index is 860. The van der Waals surface area contributed by atoms with E-state index in [9.17, 15) is 9.59 Å². The predicted octanol–water partition coefficient (Wildman–Crippen LogP) is 3.88. The Morgan fingerprint density at radius 3 is 2.18 bits per heavy atom. The van der Waals surface area contributed by atoms with Crippen molar-refractivity contribution < 1.29 is 9.59 Å². The summed E-state index contributed by atoms with van der Waals surface area (Å²) in [6.07, 6.45) is 1.06. The van der Waals surface area contributed by atoms with Crippen LogP contribution in [0, 0.1) is 11.8 Å². The molecule has 1 N–H and O–H groups in total. The normalized spacial score (nSPS) is 24.0. The number of hydrogen-bond acceptors (Lipinski definition) is 2. The summed E-state index contributed by atoms with van der Waals surface area (Å²) in [6, 6.07) is 18.0. The van der Waals surface area contributed by atoms with Gasteiger partial charge in [-0.3, -0.25) is 9.59 Å². The van der Waals surface area contributed by atoms with Gasteiger partial charge >= 0.3 is 0 Å². The Hall–Kier alpha value is -2.62. The van der Waals surface area contributed by atoms with Crippen LogP contribution in [0.25, 0.3) is 0 Å². The summed E-state index contributed by atoms with van der Waals surface area (Å²) in [5, 5.41) is 3.25. The first-order valence-electron chi connectivity index (χ1n) is 10.2. The molecule has 2 aromatic carbocycles. The molecule has 0 aromatic heterocycles. The van der Waals surface area contributed by atoms with Gasteiger partial charge in [-0.25, -0.2) is 0 Å². The molecule has 1 saturated heterocycles. The van der Waals surface area contributed by atoms with E-state index in [1.165, 1.54) is 5.56 Å². The molecule has 4 heteroatoms. The number of benzene rings is 2. The molecule has 4 nitrogen and oxygen atoms in total. The van der Waals surface area contributed by atoms with Crippen LogP contribution in [0.4, 0.5) is 0 Å². The Morgan fingerprint density at radius 2 is 1.57 bits per heavy atom. The monoisotopic (exact) mass is 376 g/mol. The fraction of sp³-hybridized carbons (Fsp3) is 0.417. The number of amides is 2. The van der Waals surface area contributed by atoms with Gasteiger partial charge in [0.15, 0.2) is 0 Å². The standard InChI is InChI=1S/C24H28N2O2/c1-15(2)17-9-11-19(12-10-17)22(18-7-5-4-6-8-18)25-24(28)23-21-13-20(21)14-26(23)16(3)27/h4-12,15,20-23H,13-14H2,1-3H3,(H,25,28). The number of fused-ring (bicyclic) bond motifs is 1. The average Bonchev–Trinajstić information content (AvgIpc) is 3.36. The summed E-state index contributed by atoms with van der Waals surface area (Å²) >= 11 is 0. The summed E-state index contributed by atoms with van der Waals surface area (Å²) < 4.78 is 0. The first-order valence-corrected chi connectivity index (χ1v) is 10.2. The lowest BCUT2D eigenvalue weighted by Gasteiger charge is -2.28. The lowest BCUT2D eigenvalue weighted by molar-refractivity contribution is -0.138. The maximum absolute atomic E-state index is 13.2. The maximum atomic E-state index is 13.2. The highest BCUT2D eigenvalue weighted by Gasteiger charge is 2.56. The molecule has 2 amide bonds. The number of rotatable bonds is 5. The molecule has 1 aliphatic carbocycles. The molecular weight excluding hydrogens is 348 g/mol. The van der Waals surface area contributed by atoms with Crippen molar-refractivity contribution in [2.24, 2.45) is 11.8 Å². The first kappa shape index (κ1) is 18.7. The van der Waals surface area contributed by atoms with Crippen molar-refractivity contribution in [3.63, 3.8) is 0 Å². The van der Waals surface area contributed by atoms with Crippen molar-refractivity contribution in [1.82, 2.24) is 10.2 Å². The Balaban J connectivity index is 1.61. The molecule has 4 unspecified atom stereocenters. The fourth-order valence-electron chi connectivity index (χ4n) is 4.43. The Labute approximate surface area is 166 Å². The van der Waals surface area contributed by atoms with Crippen LogP contribution in [0.15, 0.2) is 54.6 Å². The minimum atomic E-state index is -0.330. The van der Waals surface area contributed by atoms with E-state index >= 15 is 0 Å². The van der Waals surface area contributed by atoms with Crippen molar-refractivity contribution in [3.05, 3.63) is 71.3 Å². The van der Waals surface area contributed by atoms with Crippen molar-refractivity contribution in [1.29, 1.82) is 0 Å². The quantitative estimate of drug-likeness (QED) is 0.861. The highest BCUT2D eigenvalue weighted by molar-refractivity contribution is 5.89. The van der Waals surface area contributed by atoms with Gasteiger partial charge in [0.25, 0.3) is 0 Å². The molecule has 1 aliphatic heterocycles. The van der Waals surface area contributed by atoms with Crippen LogP contribution in [0.3, 0.4) is 0 Å².